The molecule has 0 bridgehead atoms. The summed E-state index contributed by atoms with van der Waals surface area (Å²) < 4.78 is 18.7. The molecule has 7 nitrogen and oxygen atoms in total. The van der Waals surface area contributed by atoms with Crippen molar-refractivity contribution in [3.63, 3.8) is 0 Å². The molecule has 0 amide bonds. The molecule has 8 heteroatoms. The van der Waals surface area contributed by atoms with E-state index < -0.39 is 15.7 Å². The molecule has 0 fully saturated rings. The summed E-state index contributed by atoms with van der Waals surface area (Å²) in [5, 5.41) is 0. The summed E-state index contributed by atoms with van der Waals surface area (Å²) in [5.41, 5.74) is 0. The Kier molecular flexibility index (Phi) is 15.4. The van der Waals surface area contributed by atoms with Gasteiger partial charge in [-0.05, 0) is 6.04 Å². The molecule has 0 rings (SSSR count). The zero-order valence-electron chi connectivity index (χ0n) is 11.5. The average molecular weight is 288 g/mol. The number of isocyanates is 2. The summed E-state index contributed by atoms with van der Waals surface area (Å²) in [6, 6.07) is 0.782. The summed E-state index contributed by atoms with van der Waals surface area (Å²) in [5.74, 6) is -0.981. The van der Waals surface area contributed by atoms with Crippen molar-refractivity contribution in [1.29, 1.82) is 0 Å². The normalized spacial score (nSPS) is 10.1. The molecular formula is C11H20N2O5Si. The average Bonchev–Trinajstić information content (AvgIpc) is 2.47. The lowest BCUT2D eigenvalue weighted by atomic mass is 10.4. The Morgan fingerprint density at radius 3 is 2.11 bits per heavy atom. The highest BCUT2D eigenvalue weighted by molar-refractivity contribution is 6.34. The molecule has 0 saturated heterocycles. The standard InChI is InChI=1S/C7H15NO4Si.C4H5NO/c1-10-7(11-2,12-3)4-5-13-8-6-9;1-2-3-5-4-6/h4-5,13H2,1-3H3;2H,1,3H2. The van der Waals surface area contributed by atoms with Gasteiger partial charge in [0.25, 0.3) is 5.97 Å². The summed E-state index contributed by atoms with van der Waals surface area (Å²) in [4.78, 5) is 22.2. The van der Waals surface area contributed by atoms with Crippen molar-refractivity contribution in [2.45, 2.75) is 18.4 Å². The van der Waals surface area contributed by atoms with Crippen LogP contribution < -0.4 is 0 Å². The monoisotopic (exact) mass is 288 g/mol. The number of hydrogen-bond acceptors (Lipinski definition) is 7. The topological polar surface area (TPSA) is 86.6 Å². The number of rotatable bonds is 9. The summed E-state index contributed by atoms with van der Waals surface area (Å²) in [7, 11) is 3.80. The molecule has 0 N–H and O–H groups in total. The van der Waals surface area contributed by atoms with Gasteiger partial charge in [0.2, 0.25) is 12.2 Å². The van der Waals surface area contributed by atoms with Crippen molar-refractivity contribution < 1.29 is 23.8 Å². The van der Waals surface area contributed by atoms with Gasteiger partial charge in [0.15, 0.2) is 9.68 Å². The maximum absolute atomic E-state index is 9.79. The Labute approximate surface area is 115 Å². The molecular weight excluding hydrogens is 268 g/mol. The molecule has 0 heterocycles. The van der Waals surface area contributed by atoms with Gasteiger partial charge in [-0.15, -0.1) is 6.58 Å². The van der Waals surface area contributed by atoms with E-state index in [0.717, 1.165) is 6.04 Å². The van der Waals surface area contributed by atoms with Gasteiger partial charge in [0.05, 0.1) is 6.54 Å². The minimum atomic E-state index is -0.981. The van der Waals surface area contributed by atoms with Crippen molar-refractivity contribution in [2.24, 2.45) is 9.65 Å². The molecule has 0 aromatic carbocycles. The van der Waals surface area contributed by atoms with Crippen LogP contribution in [0.4, 0.5) is 0 Å². The van der Waals surface area contributed by atoms with Crippen LogP contribution in [0.15, 0.2) is 22.3 Å². The third-order valence-corrected chi connectivity index (χ3v) is 3.06. The van der Waals surface area contributed by atoms with E-state index in [2.05, 4.69) is 16.2 Å². The molecule has 108 valence electrons. The highest BCUT2D eigenvalue weighted by atomic mass is 28.2. The van der Waals surface area contributed by atoms with Crippen LogP contribution in [-0.4, -0.2) is 55.7 Å². The van der Waals surface area contributed by atoms with Crippen LogP contribution in [0.2, 0.25) is 6.04 Å². The second-order valence-corrected chi connectivity index (χ2v) is 4.56. The molecule has 0 aliphatic heterocycles. The van der Waals surface area contributed by atoms with Crippen LogP contribution in [0.25, 0.3) is 0 Å². The van der Waals surface area contributed by atoms with E-state index in [9.17, 15) is 9.59 Å². The maximum atomic E-state index is 9.79. The Morgan fingerprint density at radius 2 is 1.79 bits per heavy atom. The van der Waals surface area contributed by atoms with Crippen molar-refractivity contribution in [3.8, 4) is 0 Å². The van der Waals surface area contributed by atoms with Gasteiger partial charge in [-0.2, -0.15) is 0 Å². The van der Waals surface area contributed by atoms with E-state index in [1.165, 1.54) is 39.6 Å². The van der Waals surface area contributed by atoms with Crippen LogP contribution >= 0.6 is 0 Å². The fraction of sp³-hybridized carbons (Fsp3) is 0.636. The molecule has 0 saturated carbocycles. The first-order valence-electron chi connectivity index (χ1n) is 5.50. The van der Waals surface area contributed by atoms with Crippen LogP contribution in [0.5, 0.6) is 0 Å². The lowest BCUT2D eigenvalue weighted by molar-refractivity contribution is -0.352. The lowest BCUT2D eigenvalue weighted by Crippen LogP contribution is -2.35. The van der Waals surface area contributed by atoms with E-state index >= 15 is 0 Å². The van der Waals surface area contributed by atoms with Crippen molar-refractivity contribution in [2.75, 3.05) is 27.9 Å². The number of aliphatic imine (C=N–C) groups is 1. The third kappa shape index (κ3) is 11.4. The van der Waals surface area contributed by atoms with Crippen molar-refractivity contribution >= 4 is 21.8 Å². The predicted molar refractivity (Wildman–Crippen MR) is 73.0 cm³/mol. The van der Waals surface area contributed by atoms with Crippen LogP contribution in [0.1, 0.15) is 6.42 Å². The van der Waals surface area contributed by atoms with Gasteiger partial charge < -0.3 is 14.2 Å². The van der Waals surface area contributed by atoms with Crippen molar-refractivity contribution in [1.82, 2.24) is 0 Å². The lowest BCUT2D eigenvalue weighted by Gasteiger charge is -2.28. The first kappa shape index (κ1) is 19.9. The first-order valence-corrected chi connectivity index (χ1v) is 7.13. The van der Waals surface area contributed by atoms with Crippen LogP contribution in [0.3, 0.4) is 0 Å². The second kappa shape index (κ2) is 14.7. The molecule has 0 unspecified atom stereocenters. The summed E-state index contributed by atoms with van der Waals surface area (Å²) in [6.45, 7) is 3.70. The maximum Gasteiger partial charge on any atom is 0.281 e. The van der Waals surface area contributed by atoms with Gasteiger partial charge >= 0.3 is 0 Å². The van der Waals surface area contributed by atoms with Gasteiger partial charge in [0.1, 0.15) is 0 Å². The first-order chi connectivity index (χ1) is 9.16. The van der Waals surface area contributed by atoms with E-state index in [1.807, 2.05) is 0 Å². The van der Waals surface area contributed by atoms with E-state index in [1.54, 1.807) is 0 Å². The Morgan fingerprint density at radius 1 is 1.21 bits per heavy atom. The van der Waals surface area contributed by atoms with Gasteiger partial charge in [0, 0.05) is 27.8 Å². The molecule has 19 heavy (non-hydrogen) atoms. The number of methoxy groups -OCH3 is 3. The molecule has 0 radical (unpaired) electrons. The molecule has 0 spiro atoms. The number of ether oxygens (including phenoxy) is 3. The zero-order valence-corrected chi connectivity index (χ0v) is 13.0. The SMILES string of the molecule is C=CCN=C=O.COC(CC[SiH2]N=C=O)(OC)OC. The smallest absolute Gasteiger partial charge is 0.281 e. The Bertz CT molecular complexity index is 313. The zero-order chi connectivity index (χ0) is 15.0. The van der Waals surface area contributed by atoms with Crippen molar-refractivity contribution in [3.05, 3.63) is 12.7 Å². The van der Waals surface area contributed by atoms with E-state index in [0.29, 0.717) is 13.0 Å². The van der Waals surface area contributed by atoms with Gasteiger partial charge in [-0.3, -0.25) is 4.66 Å². The van der Waals surface area contributed by atoms with Gasteiger partial charge in [-0.1, -0.05) is 6.08 Å². The van der Waals surface area contributed by atoms with E-state index in [4.69, 9.17) is 14.2 Å². The fourth-order valence-electron chi connectivity index (χ4n) is 1.08. The highest BCUT2D eigenvalue weighted by Crippen LogP contribution is 2.18. The predicted octanol–water partition coefficient (Wildman–Crippen LogP) is 0.316. The molecule has 0 aromatic rings. The second-order valence-electron chi connectivity index (χ2n) is 3.09. The molecule has 0 aliphatic rings. The summed E-state index contributed by atoms with van der Waals surface area (Å²) in [6.07, 6.45) is 5.00. The van der Waals surface area contributed by atoms with E-state index in [-0.39, 0.29) is 0 Å². The largest absolute Gasteiger partial charge is 0.331 e. The quantitative estimate of drug-likeness (QED) is 0.152. The molecule has 0 atom stereocenters. The number of nitrogens with zero attached hydrogens (tertiary/aromatic N) is 2. The minimum absolute atomic E-state index is 0.378. The minimum Gasteiger partial charge on any atom is -0.331 e. The number of hydrogen-bond donors (Lipinski definition) is 0. The summed E-state index contributed by atoms with van der Waals surface area (Å²) >= 11 is 0. The van der Waals surface area contributed by atoms with Crippen LogP contribution in [0, 0.1) is 0 Å². The number of carbonyl (C=O) groups excluding carboxylic acids is 2. The van der Waals surface area contributed by atoms with Crippen LogP contribution in [-0.2, 0) is 23.8 Å². The Hall–Kier alpha value is -1.40. The Balaban J connectivity index is 0. The highest BCUT2D eigenvalue weighted by Gasteiger charge is 2.28. The molecule has 0 aliphatic carbocycles. The molecule has 0 aromatic heterocycles. The third-order valence-electron chi connectivity index (χ3n) is 2.04. The fourth-order valence-corrected chi connectivity index (χ4v) is 1.92. The van der Waals surface area contributed by atoms with Gasteiger partial charge in [-0.25, -0.2) is 14.6 Å².